The zero-order valence-electron chi connectivity index (χ0n) is 14.0. The molecule has 0 bridgehead atoms. The number of hydrogen-bond acceptors (Lipinski definition) is 7. The first-order valence-electron chi connectivity index (χ1n) is 7.22. The largest absolute Gasteiger partial charge is 0.466 e. The third kappa shape index (κ3) is 9.05. The highest BCUT2D eigenvalue weighted by Gasteiger charge is 2.22. The van der Waals surface area contributed by atoms with Gasteiger partial charge in [0.05, 0.1) is 18.6 Å². The number of carbonyl (C=O) groups excluding carboxylic acids is 1. The normalized spacial score (nSPS) is 15.5. The van der Waals surface area contributed by atoms with Gasteiger partial charge in [0.15, 0.2) is 0 Å². The number of ether oxygens (including phenoxy) is 1. The Balaban J connectivity index is 3.03. The van der Waals surface area contributed by atoms with Crippen LogP contribution in [0.4, 0.5) is 0 Å². The molecule has 0 fully saturated rings. The molecule has 0 amide bonds. The minimum absolute atomic E-state index is 0.259. The maximum Gasteiger partial charge on any atom is 0.413 e. The maximum atomic E-state index is 11.4. The highest BCUT2D eigenvalue weighted by molar-refractivity contribution is 14.1. The predicted octanol–water partition coefficient (Wildman–Crippen LogP) is 4.10. The van der Waals surface area contributed by atoms with Crippen LogP contribution in [0.25, 0.3) is 0 Å². The average molecular weight is 514 g/mol. The molecule has 0 aliphatic heterocycles. The lowest BCUT2D eigenvalue weighted by atomic mass is 10.3. The second-order valence-corrected chi connectivity index (χ2v) is 10.2. The fraction of sp³-hybridized carbons (Fsp3) is 0.333. The standard InChI is InChI=1S/C15H20IN2O4PS2/c1-4-25-14(17)10-18-23(24,21-11(2)9-15(19)20-3)22-13-7-5-12(16)6-8-13/h5-10,14H,4,17H2,1-3H3. The summed E-state index contributed by atoms with van der Waals surface area (Å²) in [6.07, 6.45) is 2.71. The SMILES string of the molecule is CCSC(N)C=NP(=S)(OC(C)=CC(=O)OC)Oc1ccc(I)cc1. The van der Waals surface area contributed by atoms with Crippen molar-refractivity contribution in [1.82, 2.24) is 0 Å². The van der Waals surface area contributed by atoms with Gasteiger partial charge in [-0.3, -0.25) is 0 Å². The first kappa shape index (κ1) is 22.4. The van der Waals surface area contributed by atoms with Gasteiger partial charge in [-0.15, -0.1) is 11.8 Å². The molecule has 0 radical (unpaired) electrons. The molecule has 2 unspecified atom stereocenters. The number of methoxy groups -OCH3 is 1. The van der Waals surface area contributed by atoms with Crippen LogP contribution in [0.3, 0.4) is 0 Å². The van der Waals surface area contributed by atoms with Crippen molar-refractivity contribution in [3.63, 3.8) is 0 Å². The minimum atomic E-state index is -3.13. The van der Waals surface area contributed by atoms with Crippen LogP contribution in [-0.4, -0.2) is 30.4 Å². The number of nitrogens with zero attached hydrogens (tertiary/aromatic N) is 1. The molecule has 138 valence electrons. The summed E-state index contributed by atoms with van der Waals surface area (Å²) in [6, 6.07) is 7.33. The van der Waals surface area contributed by atoms with Gasteiger partial charge >= 0.3 is 12.6 Å². The highest BCUT2D eigenvalue weighted by atomic mass is 127. The Kier molecular flexibility index (Phi) is 10.0. The number of allylic oxidation sites excluding steroid dienone is 1. The summed E-state index contributed by atoms with van der Waals surface area (Å²) in [4.78, 5) is 11.4. The second kappa shape index (κ2) is 11.2. The average Bonchev–Trinajstić information content (AvgIpc) is 2.55. The van der Waals surface area contributed by atoms with Gasteiger partial charge in [0.1, 0.15) is 11.5 Å². The van der Waals surface area contributed by atoms with Crippen LogP contribution < -0.4 is 10.3 Å². The molecule has 0 aliphatic carbocycles. The Labute approximate surface area is 170 Å². The molecule has 2 N–H and O–H groups in total. The fourth-order valence-electron chi connectivity index (χ4n) is 1.51. The summed E-state index contributed by atoms with van der Waals surface area (Å²) >= 11 is 9.20. The number of halogens is 1. The lowest BCUT2D eigenvalue weighted by Crippen LogP contribution is -2.17. The summed E-state index contributed by atoms with van der Waals surface area (Å²) in [5.41, 5.74) is 5.92. The first-order valence-corrected chi connectivity index (χ1v) is 11.9. The van der Waals surface area contributed by atoms with E-state index in [0.717, 1.165) is 9.32 Å². The van der Waals surface area contributed by atoms with Crippen LogP contribution in [0.15, 0.2) is 40.9 Å². The first-order chi connectivity index (χ1) is 11.8. The molecule has 25 heavy (non-hydrogen) atoms. The van der Waals surface area contributed by atoms with E-state index in [1.165, 1.54) is 31.2 Å². The minimum Gasteiger partial charge on any atom is -0.466 e. The molecule has 0 spiro atoms. The maximum absolute atomic E-state index is 11.4. The summed E-state index contributed by atoms with van der Waals surface area (Å²) in [5, 5.41) is -0.318. The van der Waals surface area contributed by atoms with Crippen LogP contribution in [0, 0.1) is 3.57 Å². The van der Waals surface area contributed by atoms with Gasteiger partial charge in [0.2, 0.25) is 0 Å². The van der Waals surface area contributed by atoms with Crippen LogP contribution in [0.5, 0.6) is 5.75 Å². The van der Waals surface area contributed by atoms with Crippen LogP contribution >= 0.6 is 41.0 Å². The lowest BCUT2D eigenvalue weighted by Gasteiger charge is -2.20. The van der Waals surface area contributed by atoms with Crippen molar-refractivity contribution < 1.29 is 18.6 Å². The number of hydrogen-bond donors (Lipinski definition) is 1. The van der Waals surface area contributed by atoms with E-state index in [9.17, 15) is 4.79 Å². The Hall–Kier alpha value is -0.610. The van der Waals surface area contributed by atoms with E-state index in [-0.39, 0.29) is 11.1 Å². The summed E-state index contributed by atoms with van der Waals surface area (Å²) < 4.78 is 21.4. The van der Waals surface area contributed by atoms with Crippen molar-refractivity contribution in [2.45, 2.75) is 19.2 Å². The van der Waals surface area contributed by atoms with Crippen molar-refractivity contribution in [2.24, 2.45) is 10.5 Å². The number of esters is 1. The van der Waals surface area contributed by atoms with Gasteiger partial charge < -0.3 is 19.5 Å². The van der Waals surface area contributed by atoms with E-state index in [4.69, 9.17) is 26.6 Å². The molecule has 0 saturated carbocycles. The van der Waals surface area contributed by atoms with Crippen molar-refractivity contribution in [2.75, 3.05) is 12.9 Å². The number of carbonyl (C=O) groups is 1. The summed E-state index contributed by atoms with van der Waals surface area (Å²) in [6.45, 7) is 0.459. The van der Waals surface area contributed by atoms with Gasteiger partial charge in [-0.1, -0.05) is 6.92 Å². The van der Waals surface area contributed by atoms with Crippen molar-refractivity contribution in [1.29, 1.82) is 0 Å². The van der Waals surface area contributed by atoms with E-state index in [2.05, 4.69) is 32.1 Å². The number of thioether (sulfide) groups is 1. The van der Waals surface area contributed by atoms with Gasteiger partial charge in [-0.25, -0.2) is 4.79 Å². The third-order valence-electron chi connectivity index (χ3n) is 2.53. The third-order valence-corrected chi connectivity index (χ3v) is 6.20. The number of rotatable bonds is 9. The van der Waals surface area contributed by atoms with Crippen molar-refractivity contribution in [3.8, 4) is 5.75 Å². The van der Waals surface area contributed by atoms with E-state index in [0.29, 0.717) is 5.75 Å². The summed E-state index contributed by atoms with van der Waals surface area (Å²) in [5.74, 6) is 1.09. The Morgan fingerprint density at radius 3 is 2.68 bits per heavy atom. The second-order valence-electron chi connectivity index (χ2n) is 4.57. The Morgan fingerprint density at radius 1 is 1.48 bits per heavy atom. The van der Waals surface area contributed by atoms with E-state index >= 15 is 0 Å². The number of benzene rings is 1. The molecule has 1 rings (SSSR count). The van der Waals surface area contributed by atoms with E-state index in [1.807, 2.05) is 19.1 Å². The van der Waals surface area contributed by atoms with Crippen LogP contribution in [-0.2, 0) is 25.9 Å². The molecular weight excluding hydrogens is 494 g/mol. The van der Waals surface area contributed by atoms with Gasteiger partial charge in [-0.2, -0.15) is 4.76 Å². The fourth-order valence-corrected chi connectivity index (χ4v) is 4.51. The molecule has 0 heterocycles. The van der Waals surface area contributed by atoms with Crippen molar-refractivity contribution >= 4 is 65.0 Å². The van der Waals surface area contributed by atoms with E-state index < -0.39 is 12.6 Å². The van der Waals surface area contributed by atoms with Gasteiger partial charge in [-0.05, 0) is 59.5 Å². The molecule has 6 nitrogen and oxygen atoms in total. The quantitative estimate of drug-likeness (QED) is 0.101. The topological polar surface area (TPSA) is 83.1 Å². The van der Waals surface area contributed by atoms with Gasteiger partial charge in [0, 0.05) is 21.6 Å². The zero-order valence-corrected chi connectivity index (χ0v) is 18.7. The monoisotopic (exact) mass is 514 g/mol. The highest BCUT2D eigenvalue weighted by Crippen LogP contribution is 2.52. The summed E-state index contributed by atoms with van der Waals surface area (Å²) in [7, 11) is 1.28. The molecule has 0 aromatic heterocycles. The molecule has 0 saturated heterocycles. The molecule has 0 aliphatic rings. The molecular formula is C15H20IN2O4PS2. The van der Waals surface area contributed by atoms with E-state index in [1.54, 1.807) is 19.1 Å². The molecule has 10 heteroatoms. The Morgan fingerprint density at radius 2 is 2.12 bits per heavy atom. The smallest absolute Gasteiger partial charge is 0.413 e. The van der Waals surface area contributed by atoms with Crippen molar-refractivity contribution in [3.05, 3.63) is 39.7 Å². The Bertz CT molecular complexity index is 683. The zero-order chi connectivity index (χ0) is 18.9. The van der Waals surface area contributed by atoms with Crippen LogP contribution in [0.2, 0.25) is 0 Å². The predicted molar refractivity (Wildman–Crippen MR) is 116 cm³/mol. The molecule has 2 atom stereocenters. The van der Waals surface area contributed by atoms with Crippen LogP contribution in [0.1, 0.15) is 13.8 Å². The molecule has 1 aromatic rings. The lowest BCUT2D eigenvalue weighted by molar-refractivity contribution is -0.135. The van der Waals surface area contributed by atoms with Gasteiger partial charge in [0.25, 0.3) is 0 Å². The number of nitrogens with two attached hydrogens (primary N) is 1. The molecule has 1 aromatic carbocycles.